The number of carboxylic acid groups (broad SMARTS) is 1. The fourth-order valence-electron chi connectivity index (χ4n) is 1.80. The minimum absolute atomic E-state index is 0.122. The van der Waals surface area contributed by atoms with Crippen molar-refractivity contribution in [3.8, 4) is 0 Å². The molecule has 0 spiro atoms. The number of aliphatic carboxylic acids is 1. The topological polar surface area (TPSA) is 106 Å². The monoisotopic (exact) mass is 354 g/mol. The lowest BCUT2D eigenvalue weighted by molar-refractivity contribution is -0.140. The highest BCUT2D eigenvalue weighted by molar-refractivity contribution is 8.13. The SMILES string of the molecule is CC(=O)SCC(Cc1ccnc(NC(=O)OC(C)(C)C)c1)C(=O)O. The molecule has 1 atom stereocenters. The lowest BCUT2D eigenvalue weighted by Gasteiger charge is -2.19. The number of carboxylic acids is 1. The van der Waals surface area contributed by atoms with Gasteiger partial charge >= 0.3 is 12.1 Å². The van der Waals surface area contributed by atoms with Crippen LogP contribution in [0.3, 0.4) is 0 Å². The van der Waals surface area contributed by atoms with E-state index in [1.807, 2.05) is 0 Å². The van der Waals surface area contributed by atoms with Gasteiger partial charge in [0.25, 0.3) is 0 Å². The fraction of sp³-hybridized carbons (Fsp3) is 0.500. The van der Waals surface area contributed by atoms with Crippen molar-refractivity contribution in [2.45, 2.75) is 39.7 Å². The Morgan fingerprint density at radius 2 is 2.04 bits per heavy atom. The molecule has 1 rings (SSSR count). The van der Waals surface area contributed by atoms with Gasteiger partial charge < -0.3 is 9.84 Å². The van der Waals surface area contributed by atoms with Crippen LogP contribution in [0.2, 0.25) is 0 Å². The Hall–Kier alpha value is -2.09. The van der Waals surface area contributed by atoms with Crippen molar-refractivity contribution in [1.29, 1.82) is 0 Å². The van der Waals surface area contributed by atoms with Crippen LogP contribution in [-0.4, -0.2) is 38.6 Å². The summed E-state index contributed by atoms with van der Waals surface area (Å²) in [6.45, 7) is 6.65. The molecule has 0 radical (unpaired) electrons. The third kappa shape index (κ3) is 7.96. The molecule has 0 aliphatic heterocycles. The highest BCUT2D eigenvalue weighted by atomic mass is 32.2. The summed E-state index contributed by atoms with van der Waals surface area (Å²) in [5.74, 6) is -1.19. The number of nitrogens with one attached hydrogen (secondary N) is 1. The number of pyridine rings is 1. The molecule has 0 aliphatic carbocycles. The fourth-order valence-corrected chi connectivity index (χ4v) is 2.49. The van der Waals surface area contributed by atoms with Crippen molar-refractivity contribution in [3.05, 3.63) is 23.9 Å². The number of hydrogen-bond donors (Lipinski definition) is 2. The van der Waals surface area contributed by atoms with Crippen molar-refractivity contribution in [2.24, 2.45) is 5.92 Å². The largest absolute Gasteiger partial charge is 0.481 e. The van der Waals surface area contributed by atoms with Gasteiger partial charge in [0, 0.05) is 18.9 Å². The molecule has 0 saturated heterocycles. The lowest BCUT2D eigenvalue weighted by Crippen LogP contribution is -2.27. The van der Waals surface area contributed by atoms with Crippen molar-refractivity contribution in [1.82, 2.24) is 4.98 Å². The van der Waals surface area contributed by atoms with E-state index in [0.29, 0.717) is 5.56 Å². The maximum Gasteiger partial charge on any atom is 0.413 e. The first-order valence-electron chi connectivity index (χ1n) is 7.38. The number of amides is 1. The second-order valence-corrected chi connectivity index (χ2v) is 7.42. The minimum Gasteiger partial charge on any atom is -0.481 e. The van der Waals surface area contributed by atoms with Crippen molar-refractivity contribution < 1.29 is 24.2 Å². The van der Waals surface area contributed by atoms with E-state index in [2.05, 4.69) is 10.3 Å². The number of rotatable bonds is 6. The van der Waals surface area contributed by atoms with E-state index in [-0.39, 0.29) is 23.1 Å². The van der Waals surface area contributed by atoms with Crippen LogP contribution >= 0.6 is 11.8 Å². The Morgan fingerprint density at radius 3 is 2.58 bits per heavy atom. The number of thioether (sulfide) groups is 1. The molecule has 132 valence electrons. The predicted molar refractivity (Wildman–Crippen MR) is 92.1 cm³/mol. The molecule has 2 N–H and O–H groups in total. The van der Waals surface area contributed by atoms with Crippen LogP contribution in [0.25, 0.3) is 0 Å². The van der Waals surface area contributed by atoms with E-state index in [1.54, 1.807) is 32.9 Å². The Balaban J connectivity index is 2.74. The quantitative estimate of drug-likeness (QED) is 0.809. The van der Waals surface area contributed by atoms with Crippen LogP contribution in [0.1, 0.15) is 33.3 Å². The van der Waals surface area contributed by atoms with E-state index in [0.717, 1.165) is 11.8 Å². The molecular weight excluding hydrogens is 332 g/mol. The molecule has 7 nitrogen and oxygen atoms in total. The second-order valence-electron chi connectivity index (χ2n) is 6.22. The Bertz CT molecular complexity index is 613. The number of anilines is 1. The Kier molecular flexibility index (Phi) is 7.21. The van der Waals surface area contributed by atoms with E-state index in [1.165, 1.54) is 13.1 Å². The zero-order valence-corrected chi connectivity index (χ0v) is 15.0. The van der Waals surface area contributed by atoms with Crippen LogP contribution in [0, 0.1) is 5.92 Å². The first kappa shape index (κ1) is 20.0. The van der Waals surface area contributed by atoms with Crippen molar-refractivity contribution in [2.75, 3.05) is 11.1 Å². The smallest absolute Gasteiger partial charge is 0.413 e. The number of hydrogen-bond acceptors (Lipinski definition) is 6. The van der Waals surface area contributed by atoms with Gasteiger partial charge in [0.1, 0.15) is 11.4 Å². The average molecular weight is 354 g/mol. The van der Waals surface area contributed by atoms with Crippen LogP contribution in [0.15, 0.2) is 18.3 Å². The minimum atomic E-state index is -0.970. The standard InChI is InChI=1S/C16H22N2O5S/c1-10(19)24-9-12(14(20)21)7-11-5-6-17-13(8-11)18-15(22)23-16(2,3)4/h5-6,8,12H,7,9H2,1-4H3,(H,20,21)(H,17,18,22). The van der Waals surface area contributed by atoms with Gasteiger partial charge in [-0.3, -0.25) is 14.9 Å². The van der Waals surface area contributed by atoms with Gasteiger partial charge in [-0.15, -0.1) is 0 Å². The molecule has 0 fully saturated rings. The third-order valence-corrected chi connectivity index (χ3v) is 3.75. The number of ether oxygens (including phenoxy) is 1. The van der Waals surface area contributed by atoms with Gasteiger partial charge in [0.2, 0.25) is 0 Å². The molecule has 1 aromatic rings. The predicted octanol–water partition coefficient (Wildman–Crippen LogP) is 2.95. The average Bonchev–Trinajstić information content (AvgIpc) is 2.41. The molecule has 0 aromatic carbocycles. The van der Waals surface area contributed by atoms with Crippen LogP contribution in [0.5, 0.6) is 0 Å². The van der Waals surface area contributed by atoms with Gasteiger partial charge in [-0.05, 0) is 44.9 Å². The van der Waals surface area contributed by atoms with Crippen molar-refractivity contribution >= 4 is 34.8 Å². The number of aromatic nitrogens is 1. The second kappa shape index (κ2) is 8.68. The normalized spacial score (nSPS) is 12.3. The van der Waals surface area contributed by atoms with E-state index < -0.39 is 23.6 Å². The molecule has 1 amide bonds. The van der Waals surface area contributed by atoms with Gasteiger partial charge in [0.15, 0.2) is 5.12 Å². The number of carbonyl (C=O) groups excluding carboxylic acids is 2. The molecule has 1 heterocycles. The number of carbonyl (C=O) groups is 3. The molecule has 8 heteroatoms. The summed E-state index contributed by atoms with van der Waals surface area (Å²) in [5.41, 5.74) is 0.0765. The highest BCUT2D eigenvalue weighted by Gasteiger charge is 2.20. The van der Waals surface area contributed by atoms with Gasteiger partial charge in [0.05, 0.1) is 5.92 Å². The van der Waals surface area contributed by atoms with Crippen LogP contribution in [0.4, 0.5) is 10.6 Å². The summed E-state index contributed by atoms with van der Waals surface area (Å²) >= 11 is 0.983. The van der Waals surface area contributed by atoms with Crippen LogP contribution in [-0.2, 0) is 20.7 Å². The van der Waals surface area contributed by atoms with Gasteiger partial charge in [-0.1, -0.05) is 11.8 Å². The zero-order chi connectivity index (χ0) is 18.3. The molecule has 1 unspecified atom stereocenters. The van der Waals surface area contributed by atoms with Crippen molar-refractivity contribution in [3.63, 3.8) is 0 Å². The van der Waals surface area contributed by atoms with E-state index >= 15 is 0 Å². The molecular formula is C16H22N2O5S. The molecule has 1 aromatic heterocycles. The summed E-state index contributed by atoms with van der Waals surface area (Å²) in [7, 11) is 0. The molecule has 0 saturated carbocycles. The zero-order valence-electron chi connectivity index (χ0n) is 14.2. The lowest BCUT2D eigenvalue weighted by atomic mass is 10.0. The summed E-state index contributed by atoms with van der Waals surface area (Å²) in [6.07, 6.45) is 1.09. The van der Waals surface area contributed by atoms with Gasteiger partial charge in [-0.25, -0.2) is 9.78 Å². The molecule has 0 aliphatic rings. The summed E-state index contributed by atoms with van der Waals surface area (Å²) in [5, 5.41) is 11.7. The molecule has 0 bridgehead atoms. The van der Waals surface area contributed by atoms with Gasteiger partial charge in [-0.2, -0.15) is 0 Å². The summed E-state index contributed by atoms with van der Waals surface area (Å²) in [4.78, 5) is 38.1. The van der Waals surface area contributed by atoms with E-state index in [4.69, 9.17) is 4.74 Å². The summed E-state index contributed by atoms with van der Waals surface area (Å²) in [6, 6.07) is 3.27. The maximum atomic E-state index is 11.7. The summed E-state index contributed by atoms with van der Waals surface area (Å²) < 4.78 is 5.14. The maximum absolute atomic E-state index is 11.7. The third-order valence-electron chi connectivity index (χ3n) is 2.77. The molecule has 24 heavy (non-hydrogen) atoms. The van der Waals surface area contributed by atoms with E-state index in [9.17, 15) is 19.5 Å². The van der Waals surface area contributed by atoms with Crippen LogP contribution < -0.4 is 5.32 Å². The first-order valence-corrected chi connectivity index (χ1v) is 8.36. The number of nitrogens with zero attached hydrogens (tertiary/aromatic N) is 1. The first-order chi connectivity index (χ1) is 11.1. The Labute approximate surface area is 145 Å². The Morgan fingerprint density at radius 1 is 1.38 bits per heavy atom. The highest BCUT2D eigenvalue weighted by Crippen LogP contribution is 2.18.